The Balaban J connectivity index is 4.21. The van der Waals surface area contributed by atoms with Crippen LogP contribution in [0.3, 0.4) is 0 Å². The minimum Gasteiger partial charge on any atom is -0.303 e. The van der Waals surface area contributed by atoms with Gasteiger partial charge >= 0.3 is 46.7 Å². The first-order valence-corrected chi connectivity index (χ1v) is 17.9. The van der Waals surface area contributed by atoms with Crippen LogP contribution < -0.4 is 0 Å². The number of halogens is 9. The van der Waals surface area contributed by atoms with E-state index in [1.165, 1.54) is 20.8 Å². The molecule has 1 aliphatic rings. The molecule has 0 bridgehead atoms. The van der Waals surface area contributed by atoms with Gasteiger partial charge in [0.15, 0.2) is 0 Å². The van der Waals surface area contributed by atoms with Crippen LogP contribution in [0.15, 0.2) is 27.1 Å². The maximum Gasteiger partial charge on any atom is 0.425 e. The smallest absolute Gasteiger partial charge is 0.303 e. The summed E-state index contributed by atoms with van der Waals surface area (Å²) in [4.78, 5) is 0. The van der Waals surface area contributed by atoms with E-state index in [4.69, 9.17) is 0 Å². The van der Waals surface area contributed by atoms with Crippen LogP contribution in [0.4, 0.5) is 37.8 Å². The molecule has 1 aliphatic heterocycles. The largest absolute Gasteiger partial charge is 0.425 e. The summed E-state index contributed by atoms with van der Waals surface area (Å²) in [5.41, 5.74) is 0. The molecule has 0 aromatic rings. The van der Waals surface area contributed by atoms with Crippen LogP contribution in [-0.2, 0) is 13.6 Å². The monoisotopic (exact) mass is 618 g/mol. The first kappa shape index (κ1) is 31.7. The first-order chi connectivity index (χ1) is 14.9. The van der Waals surface area contributed by atoms with Gasteiger partial charge in [-0.25, -0.2) is 0 Å². The number of rotatable bonds is 9. The number of nitrogens with zero attached hydrogens (tertiary/aromatic N) is 6. The van der Waals surface area contributed by atoms with E-state index < -0.39 is 66.5 Å². The van der Waals surface area contributed by atoms with Gasteiger partial charge in [-0.15, -0.1) is 52.3 Å². The summed E-state index contributed by atoms with van der Waals surface area (Å²) >= 11 is 0. The van der Waals surface area contributed by atoms with Gasteiger partial charge in [0.2, 0.25) is 0 Å². The fraction of sp³-hybridized carbons (Fsp3) is 1.00. The Morgan fingerprint density at radius 2 is 0.697 bits per heavy atom. The van der Waals surface area contributed by atoms with Crippen molar-refractivity contribution in [3.8, 4) is 0 Å². The summed E-state index contributed by atoms with van der Waals surface area (Å²) in [5.74, 6) is 0. The third-order valence-electron chi connectivity index (χ3n) is 2.69. The Morgan fingerprint density at radius 3 is 1.06 bits per heavy atom. The molecule has 0 aromatic carbocycles. The molecule has 0 aliphatic carbocycles. The van der Waals surface area contributed by atoms with Gasteiger partial charge in [0.1, 0.15) is 0 Å². The predicted octanol–water partition coefficient (Wildman–Crippen LogP) is 12.7. The molecule has 9 nitrogen and oxygen atoms in total. The Morgan fingerprint density at radius 1 is 0.424 bits per heavy atom. The van der Waals surface area contributed by atoms with Crippen LogP contribution in [0, 0.1) is 0 Å². The topological polar surface area (TPSA) is 102 Å². The Labute approximate surface area is 185 Å². The lowest BCUT2D eigenvalue weighted by atomic mass is 10.5. The van der Waals surface area contributed by atoms with Crippen molar-refractivity contribution in [3.63, 3.8) is 0 Å². The quantitative estimate of drug-likeness (QED) is 0.190. The van der Waals surface area contributed by atoms with Crippen molar-refractivity contribution in [3.05, 3.63) is 0 Å². The van der Waals surface area contributed by atoms with E-state index in [-0.39, 0.29) is 19.3 Å². The van der Waals surface area contributed by atoms with Crippen LogP contribution in [0.2, 0.25) is 0 Å². The molecule has 1 rings (SSSR count). The van der Waals surface area contributed by atoms with E-state index >= 15 is 12.6 Å². The van der Waals surface area contributed by atoms with Crippen molar-refractivity contribution >= 4 is 46.7 Å². The highest BCUT2D eigenvalue weighted by Gasteiger charge is 2.41. The zero-order chi connectivity index (χ0) is 25.6. The van der Waals surface area contributed by atoms with Crippen LogP contribution in [-0.4, -0.2) is 19.8 Å². The Kier molecular flexibility index (Phi) is 11.7. The number of hydrogen-bond donors (Lipinski definition) is 0. The molecule has 1 heterocycles. The van der Waals surface area contributed by atoms with Crippen molar-refractivity contribution in [2.45, 2.75) is 40.0 Å². The maximum atomic E-state index is 15.4. The molecule has 3 unspecified atom stereocenters. The summed E-state index contributed by atoms with van der Waals surface area (Å²) in [5, 5.41) is 0. The van der Waals surface area contributed by atoms with E-state index in [1.807, 2.05) is 0 Å². The molecular weight excluding hydrogens is 597 g/mol. The van der Waals surface area contributed by atoms with Crippen LogP contribution >= 0.6 is 46.7 Å². The zero-order valence-electron chi connectivity index (χ0n) is 17.2. The molecule has 24 heteroatoms. The summed E-state index contributed by atoms with van der Waals surface area (Å²) in [6, 6.07) is 0. The molecule has 0 N–H and O–H groups in total. The number of hydrogen-bond acceptors (Lipinski definition) is 9. The standard InChI is InChI=1S/C9H21F9N6O3P6/c1-4-7-25-31(16)21-29(12,13)19-28(10,11)20-30(14,15)22-32(17,26-8-5-2)24-33(18,23-31)27-9-6-3/h4-9H2,1-3H3. The third-order valence-corrected chi connectivity index (χ3v) is 14.7. The van der Waals surface area contributed by atoms with Gasteiger partial charge < -0.3 is 13.6 Å². The van der Waals surface area contributed by atoms with Crippen molar-refractivity contribution < 1.29 is 51.3 Å². The minimum absolute atomic E-state index is 0.000219. The molecule has 0 spiro atoms. The van der Waals surface area contributed by atoms with Gasteiger partial charge in [-0.05, 0) is 19.3 Å². The average molecular weight is 618 g/mol. The molecule has 198 valence electrons. The van der Waals surface area contributed by atoms with Gasteiger partial charge in [0, 0.05) is 0 Å². The van der Waals surface area contributed by atoms with Crippen LogP contribution in [0.5, 0.6) is 0 Å². The van der Waals surface area contributed by atoms with E-state index in [2.05, 4.69) is 31.6 Å². The average Bonchev–Trinajstić information content (AvgIpc) is 2.58. The van der Waals surface area contributed by atoms with E-state index in [9.17, 15) is 25.2 Å². The van der Waals surface area contributed by atoms with Gasteiger partial charge in [-0.2, -0.15) is 12.6 Å². The molecule has 0 amide bonds. The fourth-order valence-corrected chi connectivity index (χ4v) is 13.3. The van der Waals surface area contributed by atoms with Crippen molar-refractivity contribution in [2.24, 2.45) is 27.1 Å². The zero-order valence-corrected chi connectivity index (χ0v) is 22.6. The molecular formula is C9H21F9N6O3P6. The van der Waals surface area contributed by atoms with Crippen LogP contribution in [0.25, 0.3) is 0 Å². The van der Waals surface area contributed by atoms with E-state index in [0.717, 1.165) is 0 Å². The first-order valence-electron chi connectivity index (χ1n) is 8.96. The van der Waals surface area contributed by atoms with E-state index in [1.54, 1.807) is 9.03 Å². The van der Waals surface area contributed by atoms with Crippen molar-refractivity contribution in [1.29, 1.82) is 0 Å². The second-order valence-corrected chi connectivity index (χ2v) is 16.5. The summed E-state index contributed by atoms with van der Waals surface area (Å²) in [6.07, 6.45) is -0.0702. The summed E-state index contributed by atoms with van der Waals surface area (Å²) in [7, 11) is -37.9. The third kappa shape index (κ3) is 11.5. The van der Waals surface area contributed by atoms with Crippen LogP contribution in [0.1, 0.15) is 40.0 Å². The lowest BCUT2D eigenvalue weighted by Crippen LogP contribution is -1.91. The van der Waals surface area contributed by atoms with Gasteiger partial charge in [0.05, 0.1) is 19.8 Å². The van der Waals surface area contributed by atoms with Gasteiger partial charge in [0.25, 0.3) is 0 Å². The molecule has 3 atom stereocenters. The highest BCUT2D eigenvalue weighted by molar-refractivity contribution is 7.78. The minimum atomic E-state index is -6.89. The Hall–Kier alpha value is 0.630. The normalized spacial score (nSPS) is 33.5. The predicted molar refractivity (Wildman–Crippen MR) is 115 cm³/mol. The van der Waals surface area contributed by atoms with E-state index in [0.29, 0.717) is 0 Å². The SMILES string of the molecule is CCCOP1(F)=NP(F)(F)=NP(F)(F)=NP(F)(F)=NP(F)(OCCC)=NP(F)(OCCC)=N1. The van der Waals surface area contributed by atoms with Gasteiger partial charge in [-0.1, -0.05) is 20.8 Å². The van der Waals surface area contributed by atoms with Crippen molar-refractivity contribution in [1.82, 2.24) is 0 Å². The fourth-order valence-electron chi connectivity index (χ4n) is 1.68. The molecule has 0 radical (unpaired) electrons. The van der Waals surface area contributed by atoms with Gasteiger partial charge in [-0.3, -0.25) is 0 Å². The van der Waals surface area contributed by atoms with Crippen molar-refractivity contribution in [2.75, 3.05) is 19.8 Å². The molecule has 0 saturated heterocycles. The molecule has 33 heavy (non-hydrogen) atoms. The lowest BCUT2D eigenvalue weighted by Gasteiger charge is -2.19. The lowest BCUT2D eigenvalue weighted by molar-refractivity contribution is 0.311. The molecule has 0 saturated carbocycles. The Bertz CT molecular complexity index is 1020. The second kappa shape index (κ2) is 12.2. The summed E-state index contributed by atoms with van der Waals surface area (Å²) in [6.45, 7) is 2.19. The highest BCUT2D eigenvalue weighted by atomic mass is 31.3. The molecule has 0 fully saturated rings. The highest BCUT2D eigenvalue weighted by Crippen LogP contribution is 2.82. The summed E-state index contributed by atoms with van der Waals surface area (Å²) < 4.78 is 156. The second-order valence-electron chi connectivity index (χ2n) is 5.82. The maximum absolute atomic E-state index is 15.4. The molecule has 0 aromatic heterocycles.